The second kappa shape index (κ2) is 5.49. The molecule has 1 rings (SSSR count). The SMILES string of the molecule is CNc1ncccc1C(=O)NC(C)C(C)C. The third-order valence-electron chi connectivity index (χ3n) is 2.65. The average molecular weight is 221 g/mol. The molecule has 0 aromatic carbocycles. The van der Waals surface area contributed by atoms with Gasteiger partial charge in [0.15, 0.2) is 0 Å². The van der Waals surface area contributed by atoms with Crippen LogP contribution in [0.4, 0.5) is 5.82 Å². The summed E-state index contributed by atoms with van der Waals surface area (Å²) in [7, 11) is 1.75. The molecule has 1 aromatic rings. The van der Waals surface area contributed by atoms with Gasteiger partial charge in [0.05, 0.1) is 5.56 Å². The number of rotatable bonds is 4. The maximum absolute atomic E-state index is 11.9. The lowest BCUT2D eigenvalue weighted by Crippen LogP contribution is -2.36. The van der Waals surface area contributed by atoms with E-state index >= 15 is 0 Å². The van der Waals surface area contributed by atoms with Gasteiger partial charge < -0.3 is 10.6 Å². The van der Waals surface area contributed by atoms with Gasteiger partial charge in [-0.1, -0.05) is 13.8 Å². The molecule has 0 saturated carbocycles. The summed E-state index contributed by atoms with van der Waals surface area (Å²) in [6.45, 7) is 6.15. The highest BCUT2D eigenvalue weighted by atomic mass is 16.1. The topological polar surface area (TPSA) is 54.0 Å². The van der Waals surface area contributed by atoms with Crippen LogP contribution in [0, 0.1) is 5.92 Å². The second-order valence-electron chi connectivity index (χ2n) is 4.16. The van der Waals surface area contributed by atoms with Crippen molar-refractivity contribution in [2.45, 2.75) is 26.8 Å². The number of nitrogens with zero attached hydrogens (tertiary/aromatic N) is 1. The van der Waals surface area contributed by atoms with Gasteiger partial charge in [-0.05, 0) is 25.0 Å². The largest absolute Gasteiger partial charge is 0.372 e. The molecule has 0 saturated heterocycles. The van der Waals surface area contributed by atoms with Crippen LogP contribution in [0.2, 0.25) is 0 Å². The third kappa shape index (κ3) is 2.95. The standard InChI is InChI=1S/C12H19N3O/c1-8(2)9(3)15-12(16)10-6-5-7-14-11(10)13-4/h5-9H,1-4H3,(H,13,14)(H,15,16). The Hall–Kier alpha value is -1.58. The van der Waals surface area contributed by atoms with E-state index in [0.717, 1.165) is 0 Å². The minimum absolute atomic E-state index is 0.0846. The Morgan fingerprint density at radius 1 is 1.38 bits per heavy atom. The molecule has 0 fully saturated rings. The lowest BCUT2D eigenvalue weighted by molar-refractivity contribution is 0.0931. The number of amides is 1. The van der Waals surface area contributed by atoms with Crippen molar-refractivity contribution in [3.8, 4) is 0 Å². The molecule has 1 atom stereocenters. The molecule has 0 aliphatic heterocycles. The first-order valence-corrected chi connectivity index (χ1v) is 5.50. The molecule has 2 N–H and O–H groups in total. The van der Waals surface area contributed by atoms with Gasteiger partial charge in [-0.25, -0.2) is 4.98 Å². The average Bonchev–Trinajstić information content (AvgIpc) is 2.28. The van der Waals surface area contributed by atoms with Crippen LogP contribution in [0.3, 0.4) is 0 Å². The van der Waals surface area contributed by atoms with Gasteiger partial charge in [0, 0.05) is 19.3 Å². The minimum atomic E-state index is -0.0846. The van der Waals surface area contributed by atoms with Crippen molar-refractivity contribution in [2.75, 3.05) is 12.4 Å². The predicted octanol–water partition coefficient (Wildman–Crippen LogP) is 1.90. The zero-order chi connectivity index (χ0) is 12.1. The molecule has 0 aliphatic carbocycles. The molecule has 88 valence electrons. The van der Waals surface area contributed by atoms with Crippen molar-refractivity contribution in [1.29, 1.82) is 0 Å². The summed E-state index contributed by atoms with van der Waals surface area (Å²) in [5.74, 6) is 0.938. The van der Waals surface area contributed by atoms with Gasteiger partial charge in [-0.3, -0.25) is 4.79 Å². The van der Waals surface area contributed by atoms with E-state index in [2.05, 4.69) is 29.5 Å². The summed E-state index contributed by atoms with van der Waals surface area (Å²) in [5, 5.41) is 5.86. The third-order valence-corrected chi connectivity index (χ3v) is 2.65. The van der Waals surface area contributed by atoms with E-state index in [-0.39, 0.29) is 11.9 Å². The number of aromatic nitrogens is 1. The highest BCUT2D eigenvalue weighted by molar-refractivity contribution is 5.98. The first-order valence-electron chi connectivity index (χ1n) is 5.50. The first kappa shape index (κ1) is 12.5. The molecule has 0 aliphatic rings. The van der Waals surface area contributed by atoms with Gasteiger partial charge >= 0.3 is 0 Å². The summed E-state index contributed by atoms with van der Waals surface area (Å²) in [5.41, 5.74) is 0.581. The molecule has 1 unspecified atom stereocenters. The Bertz CT molecular complexity index is 363. The number of hydrogen-bond acceptors (Lipinski definition) is 3. The van der Waals surface area contributed by atoms with Crippen LogP contribution in [0.1, 0.15) is 31.1 Å². The van der Waals surface area contributed by atoms with Gasteiger partial charge in [0.1, 0.15) is 5.82 Å². The smallest absolute Gasteiger partial charge is 0.255 e. The van der Waals surface area contributed by atoms with Gasteiger partial charge in [0.2, 0.25) is 0 Å². The first-order chi connectivity index (χ1) is 7.56. The van der Waals surface area contributed by atoms with E-state index in [1.54, 1.807) is 25.4 Å². The van der Waals surface area contributed by atoms with Crippen LogP contribution in [0.25, 0.3) is 0 Å². The summed E-state index contributed by atoms with van der Waals surface area (Å²) in [6, 6.07) is 3.68. The van der Waals surface area contributed by atoms with Crippen LogP contribution in [0.15, 0.2) is 18.3 Å². The van der Waals surface area contributed by atoms with E-state index < -0.39 is 0 Å². The lowest BCUT2D eigenvalue weighted by atomic mass is 10.1. The molecule has 0 radical (unpaired) electrons. The molecule has 1 amide bonds. The zero-order valence-corrected chi connectivity index (χ0v) is 10.2. The van der Waals surface area contributed by atoms with Crippen LogP contribution >= 0.6 is 0 Å². The summed E-state index contributed by atoms with van der Waals surface area (Å²) >= 11 is 0. The van der Waals surface area contributed by atoms with Crippen LogP contribution in [-0.4, -0.2) is 24.0 Å². The molecule has 0 spiro atoms. The van der Waals surface area contributed by atoms with Crippen molar-refractivity contribution in [2.24, 2.45) is 5.92 Å². The van der Waals surface area contributed by atoms with E-state index in [1.807, 2.05) is 6.92 Å². The van der Waals surface area contributed by atoms with Gasteiger partial charge in [-0.2, -0.15) is 0 Å². The molecule has 16 heavy (non-hydrogen) atoms. The minimum Gasteiger partial charge on any atom is -0.372 e. The highest BCUT2D eigenvalue weighted by Crippen LogP contribution is 2.11. The number of carbonyl (C=O) groups excluding carboxylic acids is 1. The number of anilines is 1. The van der Waals surface area contributed by atoms with Crippen LogP contribution < -0.4 is 10.6 Å². The van der Waals surface area contributed by atoms with Gasteiger partial charge in [-0.15, -0.1) is 0 Å². The van der Waals surface area contributed by atoms with Crippen molar-refractivity contribution in [1.82, 2.24) is 10.3 Å². The maximum Gasteiger partial charge on any atom is 0.255 e. The molecule has 1 heterocycles. The van der Waals surface area contributed by atoms with Crippen molar-refractivity contribution >= 4 is 11.7 Å². The Morgan fingerprint density at radius 3 is 2.62 bits per heavy atom. The van der Waals surface area contributed by atoms with Gasteiger partial charge in [0.25, 0.3) is 5.91 Å². The number of pyridine rings is 1. The fourth-order valence-corrected chi connectivity index (χ4v) is 1.24. The molecule has 4 nitrogen and oxygen atoms in total. The Kier molecular flexibility index (Phi) is 4.28. The van der Waals surface area contributed by atoms with E-state index in [1.165, 1.54) is 0 Å². The van der Waals surface area contributed by atoms with E-state index in [4.69, 9.17) is 0 Å². The van der Waals surface area contributed by atoms with Crippen molar-refractivity contribution in [3.63, 3.8) is 0 Å². The van der Waals surface area contributed by atoms with E-state index in [0.29, 0.717) is 17.3 Å². The number of hydrogen-bond donors (Lipinski definition) is 2. The number of nitrogens with one attached hydrogen (secondary N) is 2. The fraction of sp³-hybridized carbons (Fsp3) is 0.500. The van der Waals surface area contributed by atoms with Crippen LogP contribution in [0.5, 0.6) is 0 Å². The Morgan fingerprint density at radius 2 is 2.06 bits per heavy atom. The fourth-order valence-electron chi connectivity index (χ4n) is 1.24. The van der Waals surface area contributed by atoms with E-state index in [9.17, 15) is 4.79 Å². The monoisotopic (exact) mass is 221 g/mol. The molecule has 1 aromatic heterocycles. The molecular weight excluding hydrogens is 202 g/mol. The normalized spacial score (nSPS) is 12.3. The molecule has 4 heteroatoms. The molecular formula is C12H19N3O. The maximum atomic E-state index is 11.9. The zero-order valence-electron chi connectivity index (χ0n) is 10.2. The summed E-state index contributed by atoms with van der Waals surface area (Å²) in [6.07, 6.45) is 1.66. The Balaban J connectivity index is 2.80. The van der Waals surface area contributed by atoms with Crippen LogP contribution in [-0.2, 0) is 0 Å². The number of carbonyl (C=O) groups is 1. The summed E-state index contributed by atoms with van der Waals surface area (Å²) in [4.78, 5) is 16.0. The lowest BCUT2D eigenvalue weighted by Gasteiger charge is -2.18. The highest BCUT2D eigenvalue weighted by Gasteiger charge is 2.15. The predicted molar refractivity (Wildman–Crippen MR) is 65.5 cm³/mol. The summed E-state index contributed by atoms with van der Waals surface area (Å²) < 4.78 is 0. The quantitative estimate of drug-likeness (QED) is 0.816. The Labute approximate surface area is 96.5 Å². The van der Waals surface area contributed by atoms with Crippen molar-refractivity contribution in [3.05, 3.63) is 23.9 Å². The molecule has 0 bridgehead atoms. The van der Waals surface area contributed by atoms with Crippen molar-refractivity contribution < 1.29 is 4.79 Å². The second-order valence-corrected chi connectivity index (χ2v) is 4.16.